The largest absolute Gasteiger partial charge is 0.371 e. The molecule has 2 fully saturated rings. The number of hydrogen-bond acceptors (Lipinski definition) is 2. The van der Waals surface area contributed by atoms with Crippen LogP contribution in [-0.4, -0.2) is 29.5 Å². The Morgan fingerprint density at radius 3 is 2.94 bits per heavy atom. The van der Waals surface area contributed by atoms with Crippen LogP contribution in [0.15, 0.2) is 30.3 Å². The first-order valence-corrected chi connectivity index (χ1v) is 6.29. The highest BCUT2D eigenvalue weighted by Crippen LogP contribution is 2.31. The van der Waals surface area contributed by atoms with Crippen molar-refractivity contribution < 1.29 is 9.53 Å². The Morgan fingerprint density at radius 1 is 1.29 bits per heavy atom. The van der Waals surface area contributed by atoms with Crippen LogP contribution in [-0.2, 0) is 16.1 Å². The predicted molar refractivity (Wildman–Crippen MR) is 64.4 cm³/mol. The highest BCUT2D eigenvalue weighted by molar-refractivity contribution is 5.80. The van der Waals surface area contributed by atoms with Crippen LogP contribution in [0.5, 0.6) is 0 Å². The molecule has 0 spiro atoms. The monoisotopic (exact) mass is 231 g/mol. The van der Waals surface area contributed by atoms with Gasteiger partial charge in [-0.25, -0.2) is 0 Å². The van der Waals surface area contributed by atoms with Gasteiger partial charge in [-0.2, -0.15) is 0 Å². The van der Waals surface area contributed by atoms with Gasteiger partial charge in [0, 0.05) is 6.54 Å². The molecule has 2 atom stereocenters. The Morgan fingerprint density at radius 2 is 2.12 bits per heavy atom. The van der Waals surface area contributed by atoms with E-state index < -0.39 is 0 Å². The average molecular weight is 231 g/mol. The van der Waals surface area contributed by atoms with Gasteiger partial charge in [-0.05, 0) is 18.4 Å². The van der Waals surface area contributed by atoms with E-state index in [1.54, 1.807) is 0 Å². The average Bonchev–Trinajstić information content (AvgIpc) is 2.93. The maximum Gasteiger partial charge on any atom is 0.225 e. The molecule has 3 heteroatoms. The number of fused-ring (bicyclic) bond motifs is 1. The van der Waals surface area contributed by atoms with Crippen molar-refractivity contribution in [2.45, 2.75) is 38.0 Å². The zero-order valence-electron chi connectivity index (χ0n) is 9.84. The Kier molecular flexibility index (Phi) is 2.85. The fourth-order valence-corrected chi connectivity index (χ4v) is 2.86. The van der Waals surface area contributed by atoms with Crippen LogP contribution >= 0.6 is 0 Å². The molecule has 0 unspecified atom stereocenters. The maximum absolute atomic E-state index is 11.7. The second-order valence-corrected chi connectivity index (χ2v) is 4.84. The lowest BCUT2D eigenvalue weighted by Gasteiger charge is -2.20. The minimum Gasteiger partial charge on any atom is -0.371 e. The van der Waals surface area contributed by atoms with Crippen molar-refractivity contribution in [2.75, 3.05) is 6.54 Å². The van der Waals surface area contributed by atoms with Crippen LogP contribution in [0.2, 0.25) is 0 Å². The van der Waals surface area contributed by atoms with E-state index in [0.717, 1.165) is 19.4 Å². The zero-order chi connectivity index (χ0) is 11.7. The maximum atomic E-state index is 11.7. The summed E-state index contributed by atoms with van der Waals surface area (Å²) in [5, 5.41) is 0. The van der Waals surface area contributed by atoms with Gasteiger partial charge in [-0.3, -0.25) is 4.79 Å². The molecule has 0 bridgehead atoms. The summed E-state index contributed by atoms with van der Waals surface area (Å²) in [5.41, 5.74) is 1.18. The Labute approximate surface area is 101 Å². The van der Waals surface area contributed by atoms with Gasteiger partial charge in [-0.1, -0.05) is 30.3 Å². The molecule has 17 heavy (non-hydrogen) atoms. The van der Waals surface area contributed by atoms with Gasteiger partial charge in [0.15, 0.2) is 0 Å². The molecule has 2 saturated heterocycles. The summed E-state index contributed by atoms with van der Waals surface area (Å²) >= 11 is 0. The van der Waals surface area contributed by atoms with Crippen molar-refractivity contribution in [2.24, 2.45) is 0 Å². The molecule has 1 aromatic carbocycles. The van der Waals surface area contributed by atoms with E-state index in [9.17, 15) is 4.79 Å². The van der Waals surface area contributed by atoms with E-state index in [-0.39, 0.29) is 12.0 Å². The molecule has 1 aromatic rings. The number of hydrogen-bond donors (Lipinski definition) is 0. The van der Waals surface area contributed by atoms with Gasteiger partial charge >= 0.3 is 0 Å². The van der Waals surface area contributed by atoms with E-state index in [1.807, 2.05) is 23.1 Å². The lowest BCUT2D eigenvalue weighted by atomic mass is 10.1. The second kappa shape index (κ2) is 4.49. The van der Waals surface area contributed by atoms with Gasteiger partial charge < -0.3 is 9.64 Å². The van der Waals surface area contributed by atoms with E-state index in [1.165, 1.54) is 5.56 Å². The summed E-state index contributed by atoms with van der Waals surface area (Å²) in [4.78, 5) is 13.7. The zero-order valence-corrected chi connectivity index (χ0v) is 9.84. The molecule has 3 rings (SSSR count). The second-order valence-electron chi connectivity index (χ2n) is 4.84. The van der Waals surface area contributed by atoms with Crippen LogP contribution in [0.1, 0.15) is 24.8 Å². The number of rotatable bonds is 3. The quantitative estimate of drug-likeness (QED) is 0.796. The number of carbonyl (C=O) groups excluding carboxylic acids is 1. The summed E-state index contributed by atoms with van der Waals surface area (Å²) in [7, 11) is 0. The topological polar surface area (TPSA) is 29.5 Å². The van der Waals surface area contributed by atoms with Crippen molar-refractivity contribution in [1.29, 1.82) is 0 Å². The number of carbonyl (C=O) groups is 1. The molecule has 0 radical (unpaired) electrons. The molecular weight excluding hydrogens is 214 g/mol. The fraction of sp³-hybridized carbons (Fsp3) is 0.500. The minimum atomic E-state index is 0.102. The molecule has 3 nitrogen and oxygen atoms in total. The van der Waals surface area contributed by atoms with E-state index in [0.29, 0.717) is 19.1 Å². The Balaban J connectivity index is 1.61. The third-order valence-corrected chi connectivity index (χ3v) is 3.73. The first kappa shape index (κ1) is 10.8. The first-order chi connectivity index (χ1) is 8.34. The van der Waals surface area contributed by atoms with Gasteiger partial charge in [-0.15, -0.1) is 0 Å². The lowest BCUT2D eigenvalue weighted by Crippen LogP contribution is -2.31. The van der Waals surface area contributed by atoms with Crippen molar-refractivity contribution in [3.8, 4) is 0 Å². The highest BCUT2D eigenvalue weighted by atomic mass is 16.5. The van der Waals surface area contributed by atoms with Crippen molar-refractivity contribution in [1.82, 2.24) is 4.90 Å². The van der Waals surface area contributed by atoms with Crippen LogP contribution in [0, 0.1) is 0 Å². The molecule has 0 saturated carbocycles. The van der Waals surface area contributed by atoms with E-state index in [2.05, 4.69) is 12.1 Å². The molecule has 2 aliphatic heterocycles. The summed E-state index contributed by atoms with van der Waals surface area (Å²) in [6.45, 7) is 1.54. The minimum absolute atomic E-state index is 0.102. The molecule has 0 N–H and O–H groups in total. The Bertz CT molecular complexity index is 404. The van der Waals surface area contributed by atoms with Crippen LogP contribution in [0.4, 0.5) is 0 Å². The standard InChI is InChI=1S/C14H17NO2/c16-14-9-13(12-7-4-8-15(12)14)17-10-11-5-2-1-3-6-11/h1-3,5-6,12-13H,4,7-10H2/t12-,13+/m0/s1. The molecule has 90 valence electrons. The van der Waals surface area contributed by atoms with Gasteiger partial charge in [0.05, 0.1) is 25.2 Å². The van der Waals surface area contributed by atoms with Crippen LogP contribution in [0.3, 0.4) is 0 Å². The summed E-state index contributed by atoms with van der Waals surface area (Å²) in [5.74, 6) is 0.269. The fourth-order valence-electron chi connectivity index (χ4n) is 2.86. The van der Waals surface area contributed by atoms with Gasteiger partial charge in [0.2, 0.25) is 5.91 Å². The highest BCUT2D eigenvalue weighted by Gasteiger charge is 2.42. The number of benzene rings is 1. The molecular formula is C14H17NO2. The molecule has 0 aliphatic carbocycles. The summed E-state index contributed by atoms with van der Waals surface area (Å²) < 4.78 is 5.91. The van der Waals surface area contributed by atoms with Crippen molar-refractivity contribution in [3.63, 3.8) is 0 Å². The van der Waals surface area contributed by atoms with Crippen LogP contribution < -0.4 is 0 Å². The number of amides is 1. The summed E-state index contributed by atoms with van der Waals surface area (Å²) in [6.07, 6.45) is 2.90. The smallest absolute Gasteiger partial charge is 0.225 e. The van der Waals surface area contributed by atoms with Crippen molar-refractivity contribution >= 4 is 5.91 Å². The molecule has 2 aliphatic rings. The first-order valence-electron chi connectivity index (χ1n) is 6.29. The van der Waals surface area contributed by atoms with E-state index >= 15 is 0 Å². The predicted octanol–water partition coefficient (Wildman–Crippen LogP) is 1.97. The summed E-state index contributed by atoms with van der Waals surface area (Å²) in [6, 6.07) is 10.5. The Hall–Kier alpha value is -1.35. The third kappa shape index (κ3) is 2.07. The lowest BCUT2D eigenvalue weighted by molar-refractivity contribution is -0.127. The SMILES string of the molecule is O=C1C[C@@H](OCc2ccccc2)[C@@H]2CCCN12. The molecule has 0 aromatic heterocycles. The number of ether oxygens (including phenoxy) is 1. The van der Waals surface area contributed by atoms with Gasteiger partial charge in [0.25, 0.3) is 0 Å². The number of nitrogens with zero attached hydrogens (tertiary/aromatic N) is 1. The van der Waals surface area contributed by atoms with Gasteiger partial charge in [0.1, 0.15) is 0 Å². The van der Waals surface area contributed by atoms with Crippen LogP contribution in [0.25, 0.3) is 0 Å². The van der Waals surface area contributed by atoms with E-state index in [4.69, 9.17) is 4.74 Å². The molecule has 2 heterocycles. The normalized spacial score (nSPS) is 27.5. The third-order valence-electron chi connectivity index (χ3n) is 3.73. The van der Waals surface area contributed by atoms with Crippen molar-refractivity contribution in [3.05, 3.63) is 35.9 Å². The molecule has 1 amide bonds.